The first-order chi connectivity index (χ1) is 6.54. The first kappa shape index (κ1) is 11.2. The maximum Gasteiger partial charge on any atom is 0.0682 e. The summed E-state index contributed by atoms with van der Waals surface area (Å²) in [4.78, 5) is 0. The Morgan fingerprint density at radius 1 is 1.07 bits per heavy atom. The Kier molecular flexibility index (Phi) is 3.63. The topological polar surface area (TPSA) is 72.3 Å². The van der Waals surface area contributed by atoms with E-state index in [1.54, 1.807) is 0 Å². The number of rotatable bonds is 3. The second-order valence-electron chi connectivity index (χ2n) is 3.74. The number of aliphatic hydroxyl groups is 1. The first-order valence-corrected chi connectivity index (χ1v) is 4.80. The van der Waals surface area contributed by atoms with Gasteiger partial charge in [0.2, 0.25) is 0 Å². The molecule has 5 N–H and O–H groups in total. The van der Waals surface area contributed by atoms with Crippen LogP contribution >= 0.6 is 0 Å². The Morgan fingerprint density at radius 2 is 1.50 bits per heavy atom. The van der Waals surface area contributed by atoms with Crippen molar-refractivity contribution < 1.29 is 5.11 Å². The largest absolute Gasteiger partial charge is 0.392 e. The van der Waals surface area contributed by atoms with Crippen LogP contribution in [0.3, 0.4) is 0 Å². The lowest BCUT2D eigenvalue weighted by atomic mass is 9.99. The Bertz CT molecular complexity index is 282. The van der Waals surface area contributed by atoms with Crippen molar-refractivity contribution in [1.29, 1.82) is 0 Å². The van der Waals surface area contributed by atoms with E-state index in [9.17, 15) is 0 Å². The molecule has 3 heteroatoms. The van der Waals surface area contributed by atoms with Crippen molar-refractivity contribution in [1.82, 2.24) is 0 Å². The summed E-state index contributed by atoms with van der Waals surface area (Å²) in [5.74, 6) is 0. The molecule has 0 fully saturated rings. The van der Waals surface area contributed by atoms with Gasteiger partial charge in [0.15, 0.2) is 0 Å². The van der Waals surface area contributed by atoms with E-state index in [-0.39, 0.29) is 18.7 Å². The highest BCUT2D eigenvalue weighted by Crippen LogP contribution is 2.19. The van der Waals surface area contributed by atoms with Gasteiger partial charge < -0.3 is 16.6 Å². The molecule has 14 heavy (non-hydrogen) atoms. The Balaban J connectivity index is 3.13. The van der Waals surface area contributed by atoms with Crippen molar-refractivity contribution in [3.8, 4) is 0 Å². The van der Waals surface area contributed by atoms with E-state index in [2.05, 4.69) is 0 Å². The van der Waals surface area contributed by atoms with Crippen molar-refractivity contribution in [2.45, 2.75) is 32.5 Å². The van der Waals surface area contributed by atoms with Crippen LogP contribution in [0.5, 0.6) is 0 Å². The van der Waals surface area contributed by atoms with Gasteiger partial charge in [0.1, 0.15) is 0 Å². The van der Waals surface area contributed by atoms with E-state index in [0.29, 0.717) is 0 Å². The molecule has 0 amide bonds. The smallest absolute Gasteiger partial charge is 0.0682 e. The van der Waals surface area contributed by atoms with Crippen LogP contribution in [0.1, 0.15) is 42.6 Å². The molecule has 1 rings (SSSR count). The molecule has 2 unspecified atom stereocenters. The van der Waals surface area contributed by atoms with Crippen LogP contribution in [0.4, 0.5) is 0 Å². The average Bonchev–Trinajstić information content (AvgIpc) is 2.16. The minimum atomic E-state index is -0.0287. The third-order valence-corrected chi connectivity index (χ3v) is 2.27. The van der Waals surface area contributed by atoms with Crippen LogP contribution in [-0.2, 0) is 6.61 Å². The van der Waals surface area contributed by atoms with Crippen molar-refractivity contribution >= 4 is 0 Å². The Hall–Kier alpha value is -0.900. The molecule has 0 aliphatic heterocycles. The number of aliphatic hydroxyl groups excluding tert-OH is 1. The second kappa shape index (κ2) is 4.55. The minimum absolute atomic E-state index is 0.0281. The normalized spacial score (nSPS) is 15.2. The van der Waals surface area contributed by atoms with E-state index in [4.69, 9.17) is 16.6 Å². The van der Waals surface area contributed by atoms with Crippen molar-refractivity contribution in [3.63, 3.8) is 0 Å². The second-order valence-corrected chi connectivity index (χ2v) is 3.74. The summed E-state index contributed by atoms with van der Waals surface area (Å²) < 4.78 is 0. The molecule has 2 atom stereocenters. The van der Waals surface area contributed by atoms with Crippen LogP contribution in [0.25, 0.3) is 0 Å². The van der Waals surface area contributed by atoms with E-state index in [0.717, 1.165) is 16.7 Å². The van der Waals surface area contributed by atoms with Crippen molar-refractivity contribution in [2.24, 2.45) is 11.5 Å². The molecule has 0 saturated heterocycles. The van der Waals surface area contributed by atoms with E-state index in [1.165, 1.54) is 0 Å². The third-order valence-electron chi connectivity index (χ3n) is 2.27. The van der Waals surface area contributed by atoms with Gasteiger partial charge in [-0.1, -0.05) is 18.2 Å². The molecule has 0 heterocycles. The van der Waals surface area contributed by atoms with Gasteiger partial charge in [-0.2, -0.15) is 0 Å². The maximum absolute atomic E-state index is 9.07. The molecule has 1 aromatic carbocycles. The monoisotopic (exact) mass is 194 g/mol. The fourth-order valence-corrected chi connectivity index (χ4v) is 1.36. The maximum atomic E-state index is 9.07. The zero-order chi connectivity index (χ0) is 10.7. The van der Waals surface area contributed by atoms with Gasteiger partial charge in [-0.05, 0) is 30.5 Å². The molecule has 0 aromatic heterocycles. The predicted molar refractivity (Wildman–Crippen MR) is 57.6 cm³/mol. The summed E-state index contributed by atoms with van der Waals surface area (Å²) >= 11 is 0. The molecule has 0 bridgehead atoms. The summed E-state index contributed by atoms with van der Waals surface area (Å²) in [6, 6.07) is 5.76. The lowest BCUT2D eigenvalue weighted by molar-refractivity contribution is 0.281. The number of hydrogen-bond acceptors (Lipinski definition) is 3. The van der Waals surface area contributed by atoms with Crippen molar-refractivity contribution in [3.05, 3.63) is 34.9 Å². The van der Waals surface area contributed by atoms with Gasteiger partial charge in [0.05, 0.1) is 6.61 Å². The molecule has 0 aliphatic carbocycles. The Morgan fingerprint density at radius 3 is 1.79 bits per heavy atom. The molecule has 0 radical (unpaired) electrons. The lowest BCUT2D eigenvalue weighted by Gasteiger charge is -2.13. The highest BCUT2D eigenvalue weighted by Gasteiger charge is 2.06. The van der Waals surface area contributed by atoms with Gasteiger partial charge in [-0.25, -0.2) is 0 Å². The van der Waals surface area contributed by atoms with Crippen LogP contribution in [0.2, 0.25) is 0 Å². The highest BCUT2D eigenvalue weighted by molar-refractivity contribution is 5.33. The van der Waals surface area contributed by atoms with Gasteiger partial charge in [0.25, 0.3) is 0 Å². The zero-order valence-electron chi connectivity index (χ0n) is 8.70. The molecule has 78 valence electrons. The molecule has 1 aromatic rings. The fraction of sp³-hybridized carbons (Fsp3) is 0.455. The van der Waals surface area contributed by atoms with Crippen LogP contribution in [0, 0.1) is 0 Å². The molecule has 0 saturated carbocycles. The summed E-state index contributed by atoms with van der Waals surface area (Å²) in [5, 5.41) is 9.07. The van der Waals surface area contributed by atoms with Crippen LogP contribution < -0.4 is 11.5 Å². The average molecular weight is 194 g/mol. The van der Waals surface area contributed by atoms with Crippen LogP contribution in [0.15, 0.2) is 18.2 Å². The highest BCUT2D eigenvalue weighted by atomic mass is 16.3. The molecular formula is C11H18N2O. The number of benzene rings is 1. The summed E-state index contributed by atoms with van der Waals surface area (Å²) in [6.45, 7) is 3.86. The van der Waals surface area contributed by atoms with Crippen molar-refractivity contribution in [2.75, 3.05) is 0 Å². The lowest BCUT2D eigenvalue weighted by Crippen LogP contribution is -2.10. The van der Waals surface area contributed by atoms with E-state index in [1.807, 2.05) is 32.0 Å². The minimum Gasteiger partial charge on any atom is -0.392 e. The summed E-state index contributed by atoms with van der Waals surface area (Å²) in [5.41, 5.74) is 14.5. The van der Waals surface area contributed by atoms with Gasteiger partial charge in [-0.15, -0.1) is 0 Å². The zero-order valence-corrected chi connectivity index (χ0v) is 8.70. The summed E-state index contributed by atoms with van der Waals surface area (Å²) in [7, 11) is 0. The van der Waals surface area contributed by atoms with Gasteiger partial charge in [-0.3, -0.25) is 0 Å². The molecule has 0 aliphatic rings. The first-order valence-electron chi connectivity index (χ1n) is 4.80. The van der Waals surface area contributed by atoms with Gasteiger partial charge in [0, 0.05) is 12.1 Å². The molecular weight excluding hydrogens is 176 g/mol. The fourth-order valence-electron chi connectivity index (χ4n) is 1.36. The summed E-state index contributed by atoms with van der Waals surface area (Å²) in [6.07, 6.45) is 0. The van der Waals surface area contributed by atoms with Gasteiger partial charge >= 0.3 is 0 Å². The number of hydrogen-bond donors (Lipinski definition) is 3. The number of nitrogens with two attached hydrogens (primary N) is 2. The quantitative estimate of drug-likeness (QED) is 0.677. The SMILES string of the molecule is CC(N)c1cc(CO)cc(C(C)N)c1. The predicted octanol–water partition coefficient (Wildman–Crippen LogP) is 1.22. The molecule has 3 nitrogen and oxygen atoms in total. The van der Waals surface area contributed by atoms with E-state index < -0.39 is 0 Å². The molecule has 0 spiro atoms. The van der Waals surface area contributed by atoms with Crippen LogP contribution in [-0.4, -0.2) is 5.11 Å². The third kappa shape index (κ3) is 2.54. The van der Waals surface area contributed by atoms with E-state index >= 15 is 0 Å². The standard InChI is InChI=1S/C11H18N2O/c1-7(12)10-3-9(6-14)4-11(5-10)8(2)13/h3-5,7-8,14H,6,12-13H2,1-2H3. The Labute approximate surface area is 84.7 Å².